The molecule has 1 atom stereocenters. The summed E-state index contributed by atoms with van der Waals surface area (Å²) in [7, 11) is -3.80. The Morgan fingerprint density at radius 2 is 2.00 bits per heavy atom. The summed E-state index contributed by atoms with van der Waals surface area (Å²) in [5.41, 5.74) is 0. The van der Waals surface area contributed by atoms with E-state index in [1.807, 2.05) is 4.72 Å². The van der Waals surface area contributed by atoms with Gasteiger partial charge in [0.1, 0.15) is 0 Å². The van der Waals surface area contributed by atoms with Crippen LogP contribution in [0.25, 0.3) is 0 Å². The summed E-state index contributed by atoms with van der Waals surface area (Å²) in [5, 5.41) is 13.3. The van der Waals surface area contributed by atoms with Crippen LogP contribution >= 0.6 is 0 Å². The highest BCUT2D eigenvalue weighted by atomic mass is 32.2. The fraction of sp³-hybridized carbons (Fsp3) is 0.833. The average Bonchev–Trinajstić information content (AvgIpc) is 1.82. The van der Waals surface area contributed by atoms with Gasteiger partial charge < -0.3 is 5.11 Å². The molecule has 0 unspecified atom stereocenters. The molecule has 78 valence electrons. The Balaban J connectivity index is 4.22. The van der Waals surface area contributed by atoms with Crippen LogP contribution < -0.4 is 9.86 Å². The van der Waals surface area contributed by atoms with Gasteiger partial charge in [-0.15, -0.1) is 0 Å². The Bertz CT molecular complexity index is 272. The molecule has 0 saturated carbocycles. The van der Waals surface area contributed by atoms with Gasteiger partial charge in [-0.3, -0.25) is 4.79 Å². The second kappa shape index (κ2) is 4.54. The summed E-state index contributed by atoms with van der Waals surface area (Å²) in [6, 6.07) is 0. The number of nitrogens with two attached hydrogens (primary N) is 1. The van der Waals surface area contributed by atoms with Gasteiger partial charge >= 0.3 is 5.97 Å². The minimum atomic E-state index is -3.80. The lowest BCUT2D eigenvalue weighted by molar-refractivity contribution is -0.142. The van der Waals surface area contributed by atoms with E-state index in [0.717, 1.165) is 0 Å². The maximum Gasteiger partial charge on any atom is 0.308 e. The van der Waals surface area contributed by atoms with E-state index in [1.165, 1.54) is 0 Å². The predicted octanol–water partition coefficient (Wildman–Crippen LogP) is -0.864. The van der Waals surface area contributed by atoms with E-state index in [0.29, 0.717) is 0 Å². The molecule has 0 spiro atoms. The van der Waals surface area contributed by atoms with Crippen molar-refractivity contribution in [1.82, 2.24) is 4.72 Å². The molecule has 0 radical (unpaired) electrons. The van der Waals surface area contributed by atoms with E-state index >= 15 is 0 Å². The van der Waals surface area contributed by atoms with Crippen molar-refractivity contribution in [2.75, 3.05) is 6.54 Å². The third kappa shape index (κ3) is 5.56. The van der Waals surface area contributed by atoms with Crippen LogP contribution in [-0.4, -0.2) is 26.0 Å². The first kappa shape index (κ1) is 12.3. The Morgan fingerprint density at radius 3 is 2.23 bits per heavy atom. The molecule has 0 saturated heterocycles. The van der Waals surface area contributed by atoms with E-state index < -0.39 is 22.1 Å². The van der Waals surface area contributed by atoms with Crippen LogP contribution in [0.15, 0.2) is 0 Å². The van der Waals surface area contributed by atoms with E-state index in [9.17, 15) is 13.2 Å². The largest absolute Gasteiger partial charge is 0.481 e. The molecule has 0 bridgehead atoms. The van der Waals surface area contributed by atoms with Crippen LogP contribution in [0.3, 0.4) is 0 Å². The van der Waals surface area contributed by atoms with Gasteiger partial charge in [-0.05, 0) is 5.92 Å². The first-order chi connectivity index (χ1) is 5.74. The van der Waals surface area contributed by atoms with Gasteiger partial charge in [-0.1, -0.05) is 13.8 Å². The average molecular weight is 210 g/mol. The first-order valence-corrected chi connectivity index (χ1v) is 5.29. The lowest BCUT2D eigenvalue weighted by Gasteiger charge is -2.15. The van der Waals surface area contributed by atoms with Crippen LogP contribution in [-0.2, 0) is 15.0 Å². The molecule has 0 amide bonds. The van der Waals surface area contributed by atoms with Gasteiger partial charge in [0.2, 0.25) is 0 Å². The van der Waals surface area contributed by atoms with Crippen LogP contribution in [0, 0.1) is 11.8 Å². The maximum atomic E-state index is 10.6. The zero-order valence-corrected chi connectivity index (χ0v) is 8.34. The van der Waals surface area contributed by atoms with Gasteiger partial charge in [-0.25, -0.2) is 9.86 Å². The first-order valence-electron chi connectivity index (χ1n) is 3.74. The van der Waals surface area contributed by atoms with E-state index in [1.54, 1.807) is 13.8 Å². The molecule has 0 aliphatic rings. The topological polar surface area (TPSA) is 109 Å². The van der Waals surface area contributed by atoms with Crippen molar-refractivity contribution in [3.63, 3.8) is 0 Å². The van der Waals surface area contributed by atoms with Crippen molar-refractivity contribution in [2.45, 2.75) is 13.8 Å². The molecule has 0 aliphatic heterocycles. The minimum Gasteiger partial charge on any atom is -0.481 e. The van der Waals surface area contributed by atoms with E-state index in [4.69, 9.17) is 5.11 Å². The molecule has 0 heterocycles. The summed E-state index contributed by atoms with van der Waals surface area (Å²) in [6.45, 7) is 3.22. The van der Waals surface area contributed by atoms with Crippen molar-refractivity contribution in [3.05, 3.63) is 0 Å². The van der Waals surface area contributed by atoms with Crippen LogP contribution in [0.1, 0.15) is 13.8 Å². The Hall–Kier alpha value is -0.660. The smallest absolute Gasteiger partial charge is 0.308 e. The van der Waals surface area contributed by atoms with Crippen LogP contribution in [0.2, 0.25) is 0 Å². The van der Waals surface area contributed by atoms with Crippen LogP contribution in [0.4, 0.5) is 0 Å². The molecule has 13 heavy (non-hydrogen) atoms. The lowest BCUT2D eigenvalue weighted by Crippen LogP contribution is -2.38. The monoisotopic (exact) mass is 210 g/mol. The van der Waals surface area contributed by atoms with E-state index in [2.05, 4.69) is 5.14 Å². The number of aliphatic carboxylic acids is 1. The van der Waals surface area contributed by atoms with Gasteiger partial charge in [0.05, 0.1) is 5.92 Å². The normalized spacial score (nSPS) is 14.5. The Kier molecular flexibility index (Phi) is 4.31. The second-order valence-corrected chi connectivity index (χ2v) is 4.46. The summed E-state index contributed by atoms with van der Waals surface area (Å²) in [6.07, 6.45) is 0. The number of hydrogen-bond acceptors (Lipinski definition) is 3. The lowest BCUT2D eigenvalue weighted by atomic mass is 9.97. The van der Waals surface area contributed by atoms with Crippen molar-refractivity contribution in [1.29, 1.82) is 0 Å². The number of rotatable bonds is 5. The highest BCUT2D eigenvalue weighted by Crippen LogP contribution is 2.09. The Labute approximate surface area is 77.3 Å². The molecular formula is C6H14N2O4S. The fourth-order valence-corrected chi connectivity index (χ4v) is 1.23. The summed E-state index contributed by atoms with van der Waals surface area (Å²) in [5.74, 6) is -1.93. The summed E-state index contributed by atoms with van der Waals surface area (Å²) < 4.78 is 22.9. The molecule has 0 aromatic carbocycles. The standard InChI is InChI=1S/C6H14N2O4S/c1-4(2)5(6(9)10)3-8-13(7,11)12/h4-5,8H,3H2,1-2H3,(H,9,10)(H2,7,11,12)/t5-/m0/s1. The third-order valence-electron chi connectivity index (χ3n) is 1.63. The predicted molar refractivity (Wildman–Crippen MR) is 47.1 cm³/mol. The third-order valence-corrected chi connectivity index (χ3v) is 2.20. The maximum absolute atomic E-state index is 10.6. The molecule has 0 aromatic heterocycles. The molecule has 0 aromatic rings. The fourth-order valence-electron chi connectivity index (χ4n) is 0.814. The number of carboxylic acids is 1. The van der Waals surface area contributed by atoms with Crippen molar-refractivity contribution >= 4 is 16.2 Å². The van der Waals surface area contributed by atoms with Gasteiger partial charge in [-0.2, -0.15) is 8.42 Å². The van der Waals surface area contributed by atoms with Gasteiger partial charge in [0.25, 0.3) is 10.2 Å². The SMILES string of the molecule is CC(C)[C@H](CNS(N)(=O)=O)C(=O)O. The number of hydrogen-bond donors (Lipinski definition) is 3. The molecule has 7 heteroatoms. The summed E-state index contributed by atoms with van der Waals surface area (Å²) >= 11 is 0. The van der Waals surface area contributed by atoms with Gasteiger partial charge in [0, 0.05) is 6.54 Å². The zero-order chi connectivity index (χ0) is 10.6. The molecule has 0 rings (SSSR count). The number of nitrogens with one attached hydrogen (secondary N) is 1. The van der Waals surface area contributed by atoms with Gasteiger partial charge in [0.15, 0.2) is 0 Å². The zero-order valence-electron chi connectivity index (χ0n) is 7.52. The highest BCUT2D eigenvalue weighted by Gasteiger charge is 2.22. The Morgan fingerprint density at radius 1 is 1.54 bits per heavy atom. The number of carboxylic acid groups (broad SMARTS) is 1. The number of carbonyl (C=O) groups is 1. The second-order valence-electron chi connectivity index (χ2n) is 3.08. The van der Waals surface area contributed by atoms with Crippen LogP contribution in [0.5, 0.6) is 0 Å². The minimum absolute atomic E-state index is 0.147. The summed E-state index contributed by atoms with van der Waals surface area (Å²) in [4.78, 5) is 10.6. The van der Waals surface area contributed by atoms with E-state index in [-0.39, 0.29) is 12.5 Å². The highest BCUT2D eigenvalue weighted by molar-refractivity contribution is 7.87. The molecule has 0 aliphatic carbocycles. The molecule has 6 nitrogen and oxygen atoms in total. The van der Waals surface area contributed by atoms with Crippen molar-refractivity contribution in [3.8, 4) is 0 Å². The molecule has 4 N–H and O–H groups in total. The van der Waals surface area contributed by atoms with Crippen molar-refractivity contribution in [2.24, 2.45) is 17.0 Å². The van der Waals surface area contributed by atoms with Crippen molar-refractivity contribution < 1.29 is 18.3 Å². The quantitative estimate of drug-likeness (QED) is 0.548. The molecular weight excluding hydrogens is 196 g/mol. The molecule has 0 fully saturated rings.